The fourth-order valence-electron chi connectivity index (χ4n) is 2.87. The van der Waals surface area contributed by atoms with Gasteiger partial charge in [0.05, 0.1) is 18.4 Å². The molecule has 0 bridgehead atoms. The standard InChI is InChI=1S/C22H18FN3O3S/c1-28-16-6-2-7-17(11-16)29-14-20(27)26(13-15-5-4-10-24-12-15)22-25-21-18(23)8-3-9-19(21)30-22/h2-12H,13-14H2,1H3. The van der Waals surface area contributed by atoms with E-state index < -0.39 is 5.82 Å². The molecular weight excluding hydrogens is 405 g/mol. The van der Waals surface area contributed by atoms with E-state index >= 15 is 0 Å². The van der Waals surface area contributed by atoms with Crippen molar-refractivity contribution in [3.05, 3.63) is 78.4 Å². The highest BCUT2D eigenvalue weighted by molar-refractivity contribution is 7.22. The van der Waals surface area contributed by atoms with Gasteiger partial charge in [0.2, 0.25) is 0 Å². The van der Waals surface area contributed by atoms with Crippen LogP contribution in [0.1, 0.15) is 5.56 Å². The number of para-hydroxylation sites is 1. The second-order valence-electron chi connectivity index (χ2n) is 6.39. The highest BCUT2D eigenvalue weighted by atomic mass is 32.1. The molecule has 0 aliphatic heterocycles. The highest BCUT2D eigenvalue weighted by Gasteiger charge is 2.22. The van der Waals surface area contributed by atoms with E-state index in [0.717, 1.165) is 5.56 Å². The van der Waals surface area contributed by atoms with Gasteiger partial charge in [-0.3, -0.25) is 14.7 Å². The Hall–Kier alpha value is -3.52. The van der Waals surface area contributed by atoms with E-state index in [0.29, 0.717) is 21.3 Å². The molecule has 30 heavy (non-hydrogen) atoms. The van der Waals surface area contributed by atoms with Crippen molar-refractivity contribution in [3.63, 3.8) is 0 Å². The summed E-state index contributed by atoms with van der Waals surface area (Å²) in [5, 5.41) is 0.401. The fourth-order valence-corrected chi connectivity index (χ4v) is 3.87. The van der Waals surface area contributed by atoms with Gasteiger partial charge in [0.15, 0.2) is 11.7 Å². The van der Waals surface area contributed by atoms with E-state index in [2.05, 4.69) is 9.97 Å². The molecule has 0 saturated heterocycles. The smallest absolute Gasteiger partial charge is 0.267 e. The summed E-state index contributed by atoms with van der Waals surface area (Å²) in [6.45, 7) is 0.0431. The maximum absolute atomic E-state index is 14.1. The summed E-state index contributed by atoms with van der Waals surface area (Å²) >= 11 is 1.25. The molecule has 0 radical (unpaired) electrons. The minimum Gasteiger partial charge on any atom is -0.497 e. The Morgan fingerprint density at radius 2 is 1.97 bits per heavy atom. The maximum atomic E-state index is 14.1. The molecule has 4 rings (SSSR count). The van der Waals surface area contributed by atoms with Gasteiger partial charge in [-0.15, -0.1) is 0 Å². The van der Waals surface area contributed by atoms with E-state index in [1.165, 1.54) is 22.3 Å². The lowest BCUT2D eigenvalue weighted by Crippen LogP contribution is -2.34. The van der Waals surface area contributed by atoms with Crippen molar-refractivity contribution >= 4 is 32.6 Å². The highest BCUT2D eigenvalue weighted by Crippen LogP contribution is 2.31. The zero-order valence-corrected chi connectivity index (χ0v) is 16.9. The monoisotopic (exact) mass is 423 g/mol. The van der Waals surface area contributed by atoms with E-state index in [4.69, 9.17) is 9.47 Å². The minimum atomic E-state index is -0.420. The zero-order valence-electron chi connectivity index (χ0n) is 16.1. The third-order valence-corrected chi connectivity index (χ3v) is 5.40. The van der Waals surface area contributed by atoms with E-state index in [-0.39, 0.29) is 24.6 Å². The van der Waals surface area contributed by atoms with Crippen LogP contribution in [0, 0.1) is 5.82 Å². The molecule has 0 aliphatic rings. The fraction of sp³-hybridized carbons (Fsp3) is 0.136. The molecule has 152 valence electrons. The summed E-state index contributed by atoms with van der Waals surface area (Å²) in [5.41, 5.74) is 1.07. The summed E-state index contributed by atoms with van der Waals surface area (Å²) in [6, 6.07) is 15.4. The SMILES string of the molecule is COc1cccc(OCC(=O)N(Cc2cccnc2)c2nc3c(F)cccc3s2)c1. The first-order valence-electron chi connectivity index (χ1n) is 9.15. The molecule has 0 saturated carbocycles. The number of hydrogen-bond donors (Lipinski definition) is 0. The molecule has 2 aromatic carbocycles. The van der Waals surface area contributed by atoms with Gasteiger partial charge in [-0.1, -0.05) is 29.5 Å². The lowest BCUT2D eigenvalue weighted by molar-refractivity contribution is -0.120. The van der Waals surface area contributed by atoms with Crippen molar-refractivity contribution in [2.24, 2.45) is 0 Å². The predicted molar refractivity (Wildman–Crippen MR) is 113 cm³/mol. The van der Waals surface area contributed by atoms with E-state index in [9.17, 15) is 9.18 Å². The summed E-state index contributed by atoms with van der Waals surface area (Å²) in [5.74, 6) is 0.422. The lowest BCUT2D eigenvalue weighted by atomic mass is 10.2. The first kappa shape index (κ1) is 19.8. The quantitative estimate of drug-likeness (QED) is 0.439. The van der Waals surface area contributed by atoms with Crippen LogP contribution in [0.3, 0.4) is 0 Å². The van der Waals surface area contributed by atoms with Gasteiger partial charge in [0, 0.05) is 18.5 Å². The Bertz CT molecular complexity index is 1170. The first-order valence-corrected chi connectivity index (χ1v) is 9.97. The second-order valence-corrected chi connectivity index (χ2v) is 7.40. The first-order chi connectivity index (χ1) is 14.6. The molecule has 2 aromatic heterocycles. The molecule has 8 heteroatoms. The summed E-state index contributed by atoms with van der Waals surface area (Å²) in [4.78, 5) is 23.0. The van der Waals surface area contributed by atoms with Gasteiger partial charge in [-0.25, -0.2) is 9.37 Å². The van der Waals surface area contributed by atoms with Crippen molar-refractivity contribution in [2.75, 3.05) is 18.6 Å². The Morgan fingerprint density at radius 1 is 1.13 bits per heavy atom. The number of thiazole rings is 1. The lowest BCUT2D eigenvalue weighted by Gasteiger charge is -2.20. The van der Waals surface area contributed by atoms with Crippen LogP contribution in [-0.4, -0.2) is 29.6 Å². The number of nitrogens with zero attached hydrogens (tertiary/aromatic N) is 3. The summed E-state index contributed by atoms with van der Waals surface area (Å²) in [6.07, 6.45) is 3.34. The molecule has 4 aromatic rings. The van der Waals surface area contributed by atoms with Gasteiger partial charge in [0.25, 0.3) is 5.91 Å². The molecule has 0 aliphatic carbocycles. The Kier molecular flexibility index (Phi) is 5.85. The van der Waals surface area contributed by atoms with Gasteiger partial charge < -0.3 is 9.47 Å². The Morgan fingerprint density at radius 3 is 2.73 bits per heavy atom. The van der Waals surface area contributed by atoms with Gasteiger partial charge in [0.1, 0.15) is 22.8 Å². The van der Waals surface area contributed by atoms with Gasteiger partial charge in [-0.2, -0.15) is 0 Å². The van der Waals surface area contributed by atoms with Crippen LogP contribution >= 0.6 is 11.3 Å². The molecular formula is C22H18FN3O3S. The second kappa shape index (κ2) is 8.87. The largest absolute Gasteiger partial charge is 0.497 e. The van der Waals surface area contributed by atoms with Crippen LogP contribution in [-0.2, 0) is 11.3 Å². The zero-order chi connectivity index (χ0) is 20.9. The minimum absolute atomic E-state index is 0.203. The Labute approximate surface area is 176 Å². The molecule has 0 unspecified atom stereocenters. The van der Waals surface area contributed by atoms with Crippen LogP contribution in [0.4, 0.5) is 9.52 Å². The van der Waals surface area contributed by atoms with Crippen LogP contribution in [0.15, 0.2) is 67.0 Å². The third-order valence-electron chi connectivity index (χ3n) is 4.36. The number of carbonyl (C=O) groups excluding carboxylic acids is 1. The number of hydrogen-bond acceptors (Lipinski definition) is 6. The number of ether oxygens (including phenoxy) is 2. The van der Waals surface area contributed by atoms with Crippen molar-refractivity contribution in [3.8, 4) is 11.5 Å². The van der Waals surface area contributed by atoms with Crippen molar-refractivity contribution in [1.29, 1.82) is 0 Å². The molecule has 0 spiro atoms. The van der Waals surface area contributed by atoms with Crippen LogP contribution in [0.5, 0.6) is 11.5 Å². The molecule has 0 N–H and O–H groups in total. The number of aromatic nitrogens is 2. The number of carbonyl (C=O) groups is 1. The number of anilines is 1. The number of benzene rings is 2. The summed E-state index contributed by atoms with van der Waals surface area (Å²) in [7, 11) is 1.56. The van der Waals surface area contributed by atoms with Gasteiger partial charge >= 0.3 is 0 Å². The van der Waals surface area contributed by atoms with E-state index in [1.807, 2.05) is 6.07 Å². The summed E-state index contributed by atoms with van der Waals surface area (Å²) < 4.78 is 25.6. The molecule has 0 atom stereocenters. The molecule has 2 heterocycles. The third kappa shape index (κ3) is 4.38. The van der Waals surface area contributed by atoms with Crippen LogP contribution in [0.25, 0.3) is 10.2 Å². The van der Waals surface area contributed by atoms with Crippen molar-refractivity contribution < 1.29 is 18.7 Å². The number of fused-ring (bicyclic) bond motifs is 1. The predicted octanol–water partition coefficient (Wildman–Crippen LogP) is 4.45. The molecule has 1 amide bonds. The van der Waals surface area contributed by atoms with Gasteiger partial charge in [-0.05, 0) is 35.9 Å². The Balaban J connectivity index is 1.60. The average Bonchev–Trinajstić information content (AvgIpc) is 3.22. The number of rotatable bonds is 7. The van der Waals surface area contributed by atoms with Crippen LogP contribution in [0.2, 0.25) is 0 Å². The molecule has 0 fully saturated rings. The maximum Gasteiger partial charge on any atom is 0.267 e. The number of methoxy groups -OCH3 is 1. The van der Waals surface area contributed by atoms with Crippen molar-refractivity contribution in [1.82, 2.24) is 9.97 Å². The van der Waals surface area contributed by atoms with Crippen molar-refractivity contribution in [2.45, 2.75) is 6.54 Å². The van der Waals surface area contributed by atoms with Crippen LogP contribution < -0.4 is 14.4 Å². The number of pyridine rings is 1. The average molecular weight is 423 g/mol. The van der Waals surface area contributed by atoms with E-state index in [1.54, 1.807) is 62.0 Å². The topological polar surface area (TPSA) is 64.6 Å². The molecule has 6 nitrogen and oxygen atoms in total. The number of halogens is 1. The number of amides is 1. The normalized spacial score (nSPS) is 10.7.